The minimum Gasteiger partial charge on any atom is -0.511 e. The van der Waals surface area contributed by atoms with Gasteiger partial charge in [0.2, 0.25) is 10.0 Å². The summed E-state index contributed by atoms with van der Waals surface area (Å²) in [7, 11) is -7.87. The van der Waals surface area contributed by atoms with Gasteiger partial charge in [-0.3, -0.25) is 4.79 Å². The van der Waals surface area contributed by atoms with E-state index in [1.165, 1.54) is 17.5 Å². The Morgan fingerprint density at radius 1 is 1.24 bits per heavy atom. The molecule has 1 amide bonds. The maximum Gasteiger partial charge on any atom is 0.287 e. The number of fused-ring (bicyclic) bond motifs is 2. The van der Waals surface area contributed by atoms with Crippen molar-refractivity contribution in [1.82, 2.24) is 9.62 Å². The van der Waals surface area contributed by atoms with E-state index in [4.69, 9.17) is 0 Å². The predicted octanol–water partition coefficient (Wildman–Crippen LogP) is 2.86. The van der Waals surface area contributed by atoms with Gasteiger partial charge >= 0.3 is 0 Å². The van der Waals surface area contributed by atoms with Crippen LogP contribution in [0, 0.1) is 11.7 Å². The van der Waals surface area contributed by atoms with Gasteiger partial charge in [0.15, 0.2) is 5.84 Å². The maximum atomic E-state index is 13.7. The van der Waals surface area contributed by atoms with Gasteiger partial charge in [-0.2, -0.15) is 8.42 Å². The van der Waals surface area contributed by atoms with E-state index in [-0.39, 0.29) is 57.7 Å². The quantitative estimate of drug-likeness (QED) is 0.486. The van der Waals surface area contributed by atoms with Crippen molar-refractivity contribution in [3.05, 3.63) is 57.9 Å². The molecular weight excluding hydrogens is 543 g/mol. The summed E-state index contributed by atoms with van der Waals surface area (Å²) in [5.41, 5.74) is 0.720. The van der Waals surface area contributed by atoms with E-state index in [0.717, 1.165) is 30.4 Å². The first-order valence-electron chi connectivity index (χ1n) is 11.6. The minimum absolute atomic E-state index is 0.167. The number of aliphatic hydroxyl groups excluding tert-OH is 1. The summed E-state index contributed by atoms with van der Waals surface area (Å²) in [5.74, 6) is -1.80. The number of halogens is 1. The molecule has 0 saturated heterocycles. The summed E-state index contributed by atoms with van der Waals surface area (Å²) in [6.45, 7) is -0.0683. The molecule has 37 heavy (non-hydrogen) atoms. The van der Waals surface area contributed by atoms with Crippen LogP contribution in [0.3, 0.4) is 0 Å². The van der Waals surface area contributed by atoms with Gasteiger partial charge in [-0.15, -0.1) is 15.7 Å². The summed E-state index contributed by atoms with van der Waals surface area (Å²) < 4.78 is 68.9. The van der Waals surface area contributed by atoms with Crippen LogP contribution in [0.1, 0.15) is 36.8 Å². The molecule has 10 nitrogen and oxygen atoms in total. The molecule has 2 unspecified atom stereocenters. The summed E-state index contributed by atoms with van der Waals surface area (Å²) in [6, 6.07) is 5.52. The number of benzene rings is 1. The first-order valence-corrected chi connectivity index (χ1v) is 15.8. The number of hydrogen-bond donors (Lipinski definition) is 3. The highest BCUT2D eigenvalue weighted by atomic mass is 32.2. The molecular formula is C23H25FN4O6S3. The number of rotatable bonds is 6. The zero-order chi connectivity index (χ0) is 26.5. The van der Waals surface area contributed by atoms with Crippen LogP contribution in [0.5, 0.6) is 0 Å². The first kappa shape index (κ1) is 25.8. The number of aliphatic hydroxyl groups is 1. The van der Waals surface area contributed by atoms with E-state index in [9.17, 15) is 31.1 Å². The molecule has 1 fully saturated rings. The second kappa shape index (κ2) is 9.49. The van der Waals surface area contributed by atoms with Crippen LogP contribution >= 0.6 is 11.3 Å². The van der Waals surface area contributed by atoms with Crippen molar-refractivity contribution in [3.8, 4) is 0 Å². The number of anilines is 1. The Balaban J connectivity index is 1.52. The monoisotopic (exact) mass is 568 g/mol. The number of amides is 1. The highest BCUT2D eigenvalue weighted by molar-refractivity contribution is 7.91. The van der Waals surface area contributed by atoms with E-state index < -0.39 is 31.8 Å². The Labute approximate surface area is 218 Å². The van der Waals surface area contributed by atoms with Crippen molar-refractivity contribution in [1.29, 1.82) is 0 Å². The predicted molar refractivity (Wildman–Crippen MR) is 137 cm³/mol. The van der Waals surface area contributed by atoms with Crippen molar-refractivity contribution in [2.45, 2.75) is 49.7 Å². The summed E-state index contributed by atoms with van der Waals surface area (Å²) in [6.07, 6.45) is 4.00. The molecule has 3 heterocycles. The lowest BCUT2D eigenvalue weighted by Gasteiger charge is -2.44. The maximum absolute atomic E-state index is 13.7. The van der Waals surface area contributed by atoms with Crippen molar-refractivity contribution < 1.29 is 31.1 Å². The Kier molecular flexibility index (Phi) is 6.63. The molecule has 0 spiro atoms. The van der Waals surface area contributed by atoms with E-state index >= 15 is 0 Å². The van der Waals surface area contributed by atoms with Crippen LogP contribution in [0.25, 0.3) is 0 Å². The molecule has 3 N–H and O–H groups in total. The van der Waals surface area contributed by atoms with Gasteiger partial charge in [0.05, 0.1) is 6.26 Å². The SMILES string of the molecule is CS(=O)(=O)NCc1csc2c1S(=O)(=O)N=C(C1=C(O)C3CCCCC3N(Cc3ccc(F)cc3)C1=O)N2. The lowest BCUT2D eigenvalue weighted by atomic mass is 9.78. The third-order valence-electron chi connectivity index (χ3n) is 6.76. The van der Waals surface area contributed by atoms with E-state index in [1.807, 2.05) is 0 Å². The summed E-state index contributed by atoms with van der Waals surface area (Å²) in [4.78, 5) is 15.2. The molecule has 5 rings (SSSR count). The largest absolute Gasteiger partial charge is 0.511 e. The number of nitrogens with zero attached hydrogens (tertiary/aromatic N) is 2. The lowest BCUT2D eigenvalue weighted by molar-refractivity contribution is -0.133. The average Bonchev–Trinajstić information content (AvgIpc) is 3.25. The lowest BCUT2D eigenvalue weighted by Crippen LogP contribution is -2.52. The molecule has 1 aromatic carbocycles. The topological polar surface area (TPSA) is 145 Å². The minimum atomic E-state index is -4.31. The van der Waals surface area contributed by atoms with Crippen LogP contribution < -0.4 is 10.0 Å². The summed E-state index contributed by atoms with van der Waals surface area (Å²) >= 11 is 1.03. The fraction of sp³-hybridized carbons (Fsp3) is 0.391. The third-order valence-corrected chi connectivity index (χ3v) is 9.91. The van der Waals surface area contributed by atoms with Gasteiger partial charge in [-0.05, 0) is 35.9 Å². The molecule has 3 aliphatic rings. The van der Waals surface area contributed by atoms with Gasteiger partial charge in [0.25, 0.3) is 15.9 Å². The number of amidine groups is 1. The van der Waals surface area contributed by atoms with E-state index in [0.29, 0.717) is 18.4 Å². The molecule has 14 heteroatoms. The van der Waals surface area contributed by atoms with Gasteiger partial charge in [-0.1, -0.05) is 25.0 Å². The second-order valence-corrected chi connectivity index (χ2v) is 13.6. The fourth-order valence-electron chi connectivity index (χ4n) is 5.08. The van der Waals surface area contributed by atoms with Crippen LogP contribution in [0.4, 0.5) is 9.39 Å². The molecule has 1 saturated carbocycles. The van der Waals surface area contributed by atoms with Crippen LogP contribution in [-0.2, 0) is 37.9 Å². The number of nitrogens with one attached hydrogen (secondary N) is 2. The van der Waals surface area contributed by atoms with Crippen molar-refractivity contribution in [2.75, 3.05) is 11.6 Å². The first-order chi connectivity index (χ1) is 17.4. The number of thiophene rings is 1. The Morgan fingerprint density at radius 2 is 1.95 bits per heavy atom. The van der Waals surface area contributed by atoms with Crippen LogP contribution in [0.2, 0.25) is 0 Å². The smallest absolute Gasteiger partial charge is 0.287 e. The molecule has 0 radical (unpaired) electrons. The molecule has 2 atom stereocenters. The van der Waals surface area contributed by atoms with Gasteiger partial charge in [-0.25, -0.2) is 17.5 Å². The van der Waals surface area contributed by atoms with Gasteiger partial charge in [0.1, 0.15) is 27.0 Å². The number of sulfonamides is 2. The number of hydrogen-bond acceptors (Lipinski definition) is 8. The Morgan fingerprint density at radius 3 is 2.65 bits per heavy atom. The van der Waals surface area contributed by atoms with Crippen LogP contribution in [0.15, 0.2) is 50.3 Å². The van der Waals surface area contributed by atoms with Gasteiger partial charge in [0, 0.05) is 30.6 Å². The molecule has 1 aliphatic carbocycles. The molecule has 2 aliphatic heterocycles. The number of carbonyl (C=O) groups excluding carboxylic acids is 1. The van der Waals surface area contributed by atoms with Crippen molar-refractivity contribution in [2.24, 2.45) is 10.3 Å². The fourth-order valence-corrected chi connectivity index (χ4v) is 8.10. The van der Waals surface area contributed by atoms with Crippen molar-refractivity contribution in [3.63, 3.8) is 0 Å². The Bertz CT molecular complexity index is 1530. The van der Waals surface area contributed by atoms with Crippen molar-refractivity contribution >= 4 is 48.1 Å². The van der Waals surface area contributed by atoms with Crippen LogP contribution in [-0.4, -0.2) is 50.9 Å². The molecule has 198 valence electrons. The second-order valence-electron chi connectivity index (χ2n) is 9.33. The highest BCUT2D eigenvalue weighted by Crippen LogP contribution is 2.42. The zero-order valence-electron chi connectivity index (χ0n) is 19.8. The Hall–Kier alpha value is -2.81. The van der Waals surface area contributed by atoms with E-state index in [1.54, 1.807) is 17.0 Å². The van der Waals surface area contributed by atoms with E-state index in [2.05, 4.69) is 14.4 Å². The van der Waals surface area contributed by atoms with Gasteiger partial charge < -0.3 is 15.3 Å². The third kappa shape index (κ3) is 5.02. The normalized spacial score (nSPS) is 23.2. The average molecular weight is 569 g/mol. The number of carbonyl (C=O) groups is 1. The molecule has 0 bridgehead atoms. The summed E-state index contributed by atoms with van der Waals surface area (Å²) in [5, 5.41) is 15.8. The molecule has 2 aromatic rings. The highest BCUT2D eigenvalue weighted by Gasteiger charge is 2.46. The molecule has 1 aromatic heterocycles. The standard InChI is InChI=1S/C23H25FN4O6S3/c1-36(31,32)25-10-14-12-35-22-20(14)37(33,34)27-21(26-22)18-19(29)16-4-2-3-5-17(16)28(23(18)30)11-13-6-8-15(24)9-7-13/h6-9,12,16-17,25,29H,2-5,10-11H2,1H3,(H,26,27). The zero-order valence-corrected chi connectivity index (χ0v) is 22.2.